The first kappa shape index (κ1) is 23.0. The van der Waals surface area contributed by atoms with Gasteiger partial charge in [0.2, 0.25) is 0 Å². The van der Waals surface area contributed by atoms with Gasteiger partial charge in [-0.2, -0.15) is 65.9 Å². The van der Waals surface area contributed by atoms with Gasteiger partial charge in [0.15, 0.2) is 0 Å². The van der Waals surface area contributed by atoms with E-state index < -0.39 is 64.4 Å². The van der Waals surface area contributed by atoms with Crippen LogP contribution < -0.4 is 5.73 Å². The van der Waals surface area contributed by atoms with Gasteiger partial charge in [0.05, 0.1) is 33.5 Å². The number of hydrogen-bond acceptors (Lipinski definition) is 1. The van der Waals surface area contributed by atoms with Crippen LogP contribution in [0.5, 0.6) is 0 Å². The largest absolute Gasteiger partial charge is 0.419 e. The molecule has 1 aromatic carbocycles. The molecule has 1 rings (SSSR count). The van der Waals surface area contributed by atoms with E-state index in [2.05, 4.69) is 5.73 Å². The van der Waals surface area contributed by atoms with Gasteiger partial charge in [0.1, 0.15) is 0 Å². The predicted molar refractivity (Wildman–Crippen MR) is 55.9 cm³/mol. The highest BCUT2D eigenvalue weighted by Crippen LogP contribution is 2.57. The first-order valence-electron chi connectivity index (χ1n) is 5.87. The smallest absolute Gasteiger partial charge is 0.398 e. The summed E-state index contributed by atoms with van der Waals surface area (Å²) < 4.78 is 192. The van der Waals surface area contributed by atoms with Gasteiger partial charge in [-0.15, -0.1) is 0 Å². The predicted octanol–water partition coefficient (Wildman–Crippen LogP) is 6.36. The normalized spacial score (nSPS) is 14.6. The maximum absolute atomic E-state index is 12.9. The molecule has 1 nitrogen and oxygen atoms in total. The summed E-state index contributed by atoms with van der Waals surface area (Å²) in [6, 6.07) is 0. The summed E-state index contributed by atoms with van der Waals surface area (Å²) in [6.45, 7) is 0. The van der Waals surface area contributed by atoms with Crippen LogP contribution in [-0.4, -0.2) is 0 Å². The topological polar surface area (TPSA) is 26.0 Å². The first-order chi connectivity index (χ1) is 11.5. The van der Waals surface area contributed by atoms with Gasteiger partial charge >= 0.3 is 30.9 Å². The second kappa shape index (κ2) is 5.98. The molecule has 0 atom stereocenters. The molecule has 2 N–H and O–H groups in total. The molecule has 16 heteroatoms. The van der Waals surface area contributed by atoms with E-state index in [1.165, 1.54) is 0 Å². The van der Waals surface area contributed by atoms with Crippen LogP contribution in [0.3, 0.4) is 0 Å². The summed E-state index contributed by atoms with van der Waals surface area (Å²) in [4.78, 5) is 0. The van der Waals surface area contributed by atoms with Crippen molar-refractivity contribution in [3.05, 3.63) is 27.8 Å². The average Bonchev–Trinajstić information content (AvgIpc) is 2.29. The van der Waals surface area contributed by atoms with Crippen LogP contribution in [0, 0.1) is 0 Å². The van der Waals surface area contributed by atoms with E-state index >= 15 is 0 Å². The SMILES string of the molecule is Nc1c(C(F)(F)F)c(C(F)(F)F)c(C(F)(F)F)c(C(F)(F)F)c1C(F)(F)F. The molecule has 0 aliphatic rings. The standard InChI is InChI=1S/C11H2F15N/c12-7(13,14)1-2(8(15,16)17)4(10(21,22)23)6(27)5(11(24,25)26)3(1)9(18,19)20/h27H2. The molecule has 0 amide bonds. The molecule has 0 saturated heterocycles. The number of nitrogens with two attached hydrogens (primary N) is 1. The molecule has 0 fully saturated rings. The molecule has 27 heavy (non-hydrogen) atoms. The average molecular weight is 433 g/mol. The maximum atomic E-state index is 12.9. The number of anilines is 1. The van der Waals surface area contributed by atoms with Crippen molar-refractivity contribution in [3.63, 3.8) is 0 Å². The van der Waals surface area contributed by atoms with Crippen molar-refractivity contribution >= 4 is 5.69 Å². The van der Waals surface area contributed by atoms with Crippen LogP contribution in [0.2, 0.25) is 0 Å². The Morgan fingerprint density at radius 3 is 0.630 bits per heavy atom. The van der Waals surface area contributed by atoms with Gasteiger partial charge in [-0.3, -0.25) is 0 Å². The fourth-order valence-corrected chi connectivity index (χ4v) is 2.21. The Hall–Kier alpha value is -2.03. The van der Waals surface area contributed by atoms with Crippen LogP contribution in [0.15, 0.2) is 0 Å². The fraction of sp³-hybridized carbons (Fsp3) is 0.455. The second-order valence-electron chi connectivity index (χ2n) is 4.78. The lowest BCUT2D eigenvalue weighted by molar-refractivity contribution is -0.188. The van der Waals surface area contributed by atoms with Crippen LogP contribution in [-0.2, 0) is 30.9 Å². The zero-order chi connectivity index (χ0) is 22.0. The zero-order valence-electron chi connectivity index (χ0n) is 11.7. The van der Waals surface area contributed by atoms with Crippen molar-refractivity contribution < 1.29 is 65.9 Å². The minimum atomic E-state index is -6.90. The number of halogens is 15. The van der Waals surface area contributed by atoms with E-state index in [1.807, 2.05) is 0 Å². The summed E-state index contributed by atoms with van der Waals surface area (Å²) in [5.74, 6) is 0. The lowest BCUT2D eigenvalue weighted by Crippen LogP contribution is -2.32. The van der Waals surface area contributed by atoms with E-state index in [0.29, 0.717) is 0 Å². The maximum Gasteiger partial charge on any atom is 0.419 e. The molecule has 0 bridgehead atoms. The van der Waals surface area contributed by atoms with Gasteiger partial charge in [0, 0.05) is 0 Å². The Bertz CT molecular complexity index is 672. The van der Waals surface area contributed by atoms with Crippen LogP contribution in [0.1, 0.15) is 27.8 Å². The van der Waals surface area contributed by atoms with E-state index in [9.17, 15) is 65.9 Å². The number of nitrogen functional groups attached to an aromatic ring is 1. The van der Waals surface area contributed by atoms with Crippen molar-refractivity contribution in [2.45, 2.75) is 30.9 Å². The highest BCUT2D eigenvalue weighted by molar-refractivity contribution is 5.68. The summed E-state index contributed by atoms with van der Waals surface area (Å²) >= 11 is 0. The van der Waals surface area contributed by atoms with E-state index in [-0.39, 0.29) is 0 Å². The monoisotopic (exact) mass is 433 g/mol. The van der Waals surface area contributed by atoms with E-state index in [4.69, 9.17) is 0 Å². The quantitative estimate of drug-likeness (QED) is 0.374. The van der Waals surface area contributed by atoms with E-state index in [0.717, 1.165) is 0 Å². The Morgan fingerprint density at radius 1 is 0.333 bits per heavy atom. The Balaban J connectivity index is 4.58. The minimum Gasteiger partial charge on any atom is -0.398 e. The third-order valence-electron chi connectivity index (χ3n) is 2.96. The van der Waals surface area contributed by atoms with Crippen LogP contribution in [0.25, 0.3) is 0 Å². The van der Waals surface area contributed by atoms with Crippen molar-refractivity contribution in [3.8, 4) is 0 Å². The molecule has 0 radical (unpaired) electrons. The van der Waals surface area contributed by atoms with Crippen LogP contribution >= 0.6 is 0 Å². The third kappa shape index (κ3) is 4.28. The summed E-state index contributed by atoms with van der Waals surface area (Å²) in [6.07, 6.45) is -33.7. The number of rotatable bonds is 0. The van der Waals surface area contributed by atoms with Crippen molar-refractivity contribution in [2.24, 2.45) is 0 Å². The summed E-state index contributed by atoms with van der Waals surface area (Å²) in [5.41, 5.74) is -18.6. The highest BCUT2D eigenvalue weighted by atomic mass is 19.4. The molecule has 1 aromatic rings. The fourth-order valence-electron chi connectivity index (χ4n) is 2.21. The van der Waals surface area contributed by atoms with Crippen LogP contribution in [0.4, 0.5) is 71.5 Å². The minimum absolute atomic E-state index is 3.18. The van der Waals surface area contributed by atoms with Gasteiger partial charge in [-0.1, -0.05) is 0 Å². The molecule has 0 aliphatic heterocycles. The van der Waals surface area contributed by atoms with Gasteiger partial charge < -0.3 is 5.73 Å². The number of hydrogen-bond donors (Lipinski definition) is 1. The molecule has 0 spiro atoms. The van der Waals surface area contributed by atoms with Gasteiger partial charge in [-0.05, 0) is 0 Å². The third-order valence-corrected chi connectivity index (χ3v) is 2.96. The Morgan fingerprint density at radius 2 is 0.481 bits per heavy atom. The molecule has 0 unspecified atom stereocenters. The molecule has 0 aromatic heterocycles. The van der Waals surface area contributed by atoms with Gasteiger partial charge in [-0.25, -0.2) is 0 Å². The Labute approximate surface area is 137 Å². The molecular weight excluding hydrogens is 431 g/mol. The van der Waals surface area contributed by atoms with Crippen molar-refractivity contribution in [2.75, 3.05) is 5.73 Å². The summed E-state index contributed by atoms with van der Waals surface area (Å²) in [7, 11) is 0. The molecule has 0 saturated carbocycles. The molecule has 156 valence electrons. The zero-order valence-corrected chi connectivity index (χ0v) is 11.7. The Kier molecular flexibility index (Phi) is 5.10. The highest BCUT2D eigenvalue weighted by Gasteiger charge is 2.60. The molecular formula is C11H2F15N. The van der Waals surface area contributed by atoms with Crippen molar-refractivity contribution in [1.82, 2.24) is 0 Å². The molecule has 0 heterocycles. The second-order valence-corrected chi connectivity index (χ2v) is 4.78. The lowest BCUT2D eigenvalue weighted by atomic mass is 9.87. The van der Waals surface area contributed by atoms with E-state index in [1.54, 1.807) is 0 Å². The lowest BCUT2D eigenvalue weighted by Gasteiger charge is -2.29. The number of benzene rings is 1. The molecule has 0 aliphatic carbocycles. The van der Waals surface area contributed by atoms with Crippen molar-refractivity contribution in [1.29, 1.82) is 0 Å². The van der Waals surface area contributed by atoms with Gasteiger partial charge in [0.25, 0.3) is 0 Å². The first-order valence-corrected chi connectivity index (χ1v) is 5.87. The number of alkyl halides is 15. The summed E-state index contributed by atoms with van der Waals surface area (Å²) in [5, 5.41) is 0.